The van der Waals surface area contributed by atoms with Crippen molar-refractivity contribution in [1.82, 2.24) is 9.80 Å². The molecule has 0 aromatic heterocycles. The van der Waals surface area contributed by atoms with E-state index in [1.807, 2.05) is 25.7 Å². The van der Waals surface area contributed by atoms with Crippen LogP contribution in [0.5, 0.6) is 0 Å². The lowest BCUT2D eigenvalue weighted by Gasteiger charge is -2.37. The number of aliphatic carboxylic acids is 1. The predicted molar refractivity (Wildman–Crippen MR) is 78.7 cm³/mol. The lowest BCUT2D eigenvalue weighted by Crippen LogP contribution is -2.51. The van der Waals surface area contributed by atoms with Crippen molar-refractivity contribution >= 4 is 12.0 Å². The monoisotopic (exact) mass is 284 g/mol. The minimum absolute atomic E-state index is 0.115. The average molecular weight is 284 g/mol. The van der Waals surface area contributed by atoms with Gasteiger partial charge in [-0.2, -0.15) is 0 Å². The largest absolute Gasteiger partial charge is 0.480 e. The molecule has 5 heteroatoms. The van der Waals surface area contributed by atoms with Gasteiger partial charge in [0.15, 0.2) is 0 Å². The zero-order chi connectivity index (χ0) is 15.1. The first kappa shape index (κ1) is 16.8. The van der Waals surface area contributed by atoms with Crippen molar-refractivity contribution < 1.29 is 14.7 Å². The van der Waals surface area contributed by atoms with Crippen molar-refractivity contribution in [3.63, 3.8) is 0 Å². The van der Waals surface area contributed by atoms with Crippen molar-refractivity contribution in [2.45, 2.75) is 58.9 Å². The summed E-state index contributed by atoms with van der Waals surface area (Å²) in [6.07, 6.45) is 5.66. The van der Waals surface area contributed by atoms with Crippen LogP contribution in [0.3, 0.4) is 0 Å². The van der Waals surface area contributed by atoms with Crippen molar-refractivity contribution in [3.05, 3.63) is 0 Å². The van der Waals surface area contributed by atoms with Crippen molar-refractivity contribution in [3.8, 4) is 0 Å². The summed E-state index contributed by atoms with van der Waals surface area (Å²) in [7, 11) is 0. The van der Waals surface area contributed by atoms with Gasteiger partial charge in [-0.3, -0.25) is 4.79 Å². The number of nitrogens with zero attached hydrogens (tertiary/aromatic N) is 2. The molecule has 0 radical (unpaired) electrons. The highest BCUT2D eigenvalue weighted by Gasteiger charge is 2.28. The topological polar surface area (TPSA) is 60.9 Å². The summed E-state index contributed by atoms with van der Waals surface area (Å²) < 4.78 is 0. The van der Waals surface area contributed by atoms with E-state index in [4.69, 9.17) is 5.11 Å². The van der Waals surface area contributed by atoms with Crippen LogP contribution in [0.25, 0.3) is 0 Å². The molecule has 1 aliphatic rings. The number of hydrogen-bond donors (Lipinski definition) is 1. The maximum absolute atomic E-state index is 12.6. The molecule has 0 aromatic rings. The molecule has 1 saturated carbocycles. The Morgan fingerprint density at radius 3 is 2.25 bits per heavy atom. The Bertz CT molecular complexity index is 325. The van der Waals surface area contributed by atoms with Crippen LogP contribution in [0.2, 0.25) is 0 Å². The Kier molecular flexibility index (Phi) is 6.82. The molecular formula is C15H28N2O3. The number of rotatable bonds is 6. The Morgan fingerprint density at radius 2 is 1.80 bits per heavy atom. The molecule has 5 nitrogen and oxygen atoms in total. The first-order valence-electron chi connectivity index (χ1n) is 7.73. The molecule has 0 heterocycles. The molecule has 1 fully saturated rings. The molecule has 1 aliphatic carbocycles. The fraction of sp³-hybridized carbons (Fsp3) is 0.867. The minimum Gasteiger partial charge on any atom is -0.480 e. The number of amides is 2. The minimum atomic E-state index is -0.946. The van der Waals surface area contributed by atoms with Gasteiger partial charge in [0.1, 0.15) is 6.54 Å². The lowest BCUT2D eigenvalue weighted by atomic mass is 9.94. The normalized spacial score (nSPS) is 16.2. The second-order valence-electron chi connectivity index (χ2n) is 6.03. The maximum Gasteiger partial charge on any atom is 0.323 e. The predicted octanol–water partition coefficient (Wildman–Crippen LogP) is 2.80. The quantitative estimate of drug-likeness (QED) is 0.816. The summed E-state index contributed by atoms with van der Waals surface area (Å²) in [5.74, 6) is -0.679. The first-order valence-corrected chi connectivity index (χ1v) is 7.73. The van der Waals surface area contributed by atoms with E-state index >= 15 is 0 Å². The third-order valence-electron chi connectivity index (χ3n) is 3.78. The fourth-order valence-electron chi connectivity index (χ4n) is 2.94. The Balaban J connectivity index is 2.74. The highest BCUT2D eigenvalue weighted by molar-refractivity contribution is 5.80. The number of hydrogen-bond acceptors (Lipinski definition) is 2. The van der Waals surface area contributed by atoms with Crippen LogP contribution >= 0.6 is 0 Å². The van der Waals surface area contributed by atoms with E-state index in [0.29, 0.717) is 13.1 Å². The molecule has 0 aromatic carbocycles. The van der Waals surface area contributed by atoms with Gasteiger partial charge < -0.3 is 14.9 Å². The van der Waals surface area contributed by atoms with E-state index in [-0.39, 0.29) is 24.5 Å². The van der Waals surface area contributed by atoms with Crippen LogP contribution in [0.15, 0.2) is 0 Å². The molecule has 0 atom stereocenters. The number of carboxylic acids is 1. The molecule has 1 rings (SSSR count). The average Bonchev–Trinajstić information content (AvgIpc) is 2.39. The highest BCUT2D eigenvalue weighted by Crippen LogP contribution is 2.23. The summed E-state index contributed by atoms with van der Waals surface area (Å²) in [6, 6.07) is 0.167. The Hall–Kier alpha value is -1.26. The first-order chi connectivity index (χ1) is 9.45. The van der Waals surface area contributed by atoms with Crippen LogP contribution in [0.4, 0.5) is 4.79 Å². The molecular weight excluding hydrogens is 256 g/mol. The number of carbonyl (C=O) groups is 2. The van der Waals surface area contributed by atoms with E-state index in [0.717, 1.165) is 25.7 Å². The molecule has 0 saturated heterocycles. The van der Waals surface area contributed by atoms with E-state index in [9.17, 15) is 9.59 Å². The van der Waals surface area contributed by atoms with Gasteiger partial charge in [-0.1, -0.05) is 33.1 Å². The van der Waals surface area contributed by atoms with Gasteiger partial charge in [0.2, 0.25) is 0 Å². The molecule has 0 spiro atoms. The van der Waals surface area contributed by atoms with Gasteiger partial charge in [-0.05, 0) is 25.7 Å². The van der Waals surface area contributed by atoms with E-state index < -0.39 is 5.97 Å². The van der Waals surface area contributed by atoms with Crippen molar-refractivity contribution in [1.29, 1.82) is 0 Å². The molecule has 1 N–H and O–H groups in total. The summed E-state index contributed by atoms with van der Waals surface area (Å²) in [6.45, 7) is 6.91. The third kappa shape index (κ3) is 5.02. The van der Waals surface area contributed by atoms with Gasteiger partial charge in [-0.25, -0.2) is 4.79 Å². The summed E-state index contributed by atoms with van der Waals surface area (Å²) in [5.41, 5.74) is 0. The van der Waals surface area contributed by atoms with Gasteiger partial charge in [0.25, 0.3) is 0 Å². The van der Waals surface area contributed by atoms with Gasteiger partial charge in [0, 0.05) is 19.1 Å². The zero-order valence-corrected chi connectivity index (χ0v) is 13.0. The molecule has 116 valence electrons. The van der Waals surface area contributed by atoms with E-state index in [1.54, 1.807) is 0 Å². The molecule has 0 unspecified atom stereocenters. The van der Waals surface area contributed by atoms with Crippen molar-refractivity contribution in [2.75, 3.05) is 19.6 Å². The third-order valence-corrected chi connectivity index (χ3v) is 3.78. The highest BCUT2D eigenvalue weighted by atomic mass is 16.4. The van der Waals surface area contributed by atoms with Crippen LogP contribution in [-0.2, 0) is 4.79 Å². The summed E-state index contributed by atoms with van der Waals surface area (Å²) in [4.78, 5) is 26.9. The van der Waals surface area contributed by atoms with Crippen LogP contribution < -0.4 is 0 Å². The standard InChI is InChI=1S/C15H28N2O3/c1-4-17(13-8-6-5-7-9-13)15(20)16(10-12(2)3)11-14(18)19/h12-13H,4-11H2,1-3H3,(H,18,19). The van der Waals surface area contributed by atoms with Crippen LogP contribution in [-0.4, -0.2) is 52.6 Å². The van der Waals surface area contributed by atoms with Gasteiger partial charge in [0.05, 0.1) is 0 Å². The van der Waals surface area contributed by atoms with Crippen molar-refractivity contribution in [2.24, 2.45) is 5.92 Å². The fourth-order valence-corrected chi connectivity index (χ4v) is 2.94. The zero-order valence-electron chi connectivity index (χ0n) is 13.0. The smallest absolute Gasteiger partial charge is 0.323 e. The number of urea groups is 1. The van der Waals surface area contributed by atoms with Crippen LogP contribution in [0, 0.1) is 5.92 Å². The van der Waals surface area contributed by atoms with E-state index in [1.165, 1.54) is 11.3 Å². The molecule has 0 bridgehead atoms. The summed E-state index contributed by atoms with van der Waals surface area (Å²) in [5, 5.41) is 9.00. The van der Waals surface area contributed by atoms with Gasteiger partial charge in [-0.15, -0.1) is 0 Å². The second-order valence-corrected chi connectivity index (χ2v) is 6.03. The van der Waals surface area contributed by atoms with Crippen LogP contribution in [0.1, 0.15) is 52.9 Å². The second kappa shape index (κ2) is 8.12. The SMILES string of the molecule is CCN(C(=O)N(CC(=O)O)CC(C)C)C1CCCCC1. The Labute approximate surface area is 121 Å². The number of carbonyl (C=O) groups excluding carboxylic acids is 1. The molecule has 0 aliphatic heterocycles. The van der Waals surface area contributed by atoms with E-state index in [2.05, 4.69) is 0 Å². The number of carboxylic acid groups (broad SMARTS) is 1. The lowest BCUT2D eigenvalue weighted by molar-refractivity contribution is -0.137. The maximum atomic E-state index is 12.6. The Morgan fingerprint density at radius 1 is 1.20 bits per heavy atom. The summed E-state index contributed by atoms with van der Waals surface area (Å²) >= 11 is 0. The molecule has 20 heavy (non-hydrogen) atoms. The molecule has 2 amide bonds. The van der Waals surface area contributed by atoms with Gasteiger partial charge >= 0.3 is 12.0 Å².